The molecule has 2 fully saturated rings. The Kier molecular flexibility index (Phi) is 35.4. The molecule has 0 bridgehead atoms. The number of ketones is 1. The minimum atomic E-state index is -2.41. The van der Waals surface area contributed by atoms with Crippen molar-refractivity contribution in [3.05, 3.63) is 339 Å². The number of aliphatic hydroxyl groups excluding tert-OH is 1. The van der Waals surface area contributed by atoms with Gasteiger partial charge in [0, 0.05) is 77.0 Å². The first-order valence-corrected chi connectivity index (χ1v) is 43.4. The molecule has 5 aliphatic rings. The fourth-order valence-corrected chi connectivity index (χ4v) is 15.5. The molecule has 5 heterocycles. The normalized spacial score (nSPS) is 18.9. The Balaban J connectivity index is 0.000000175. The van der Waals surface area contributed by atoms with Gasteiger partial charge in [0.2, 0.25) is 17.7 Å². The van der Waals surface area contributed by atoms with Gasteiger partial charge in [0.1, 0.15) is 75.9 Å². The van der Waals surface area contributed by atoms with Crippen molar-refractivity contribution >= 4 is 60.4 Å². The van der Waals surface area contributed by atoms with Crippen molar-refractivity contribution in [1.82, 2.24) is 20.1 Å². The predicted octanol–water partition coefficient (Wildman–Crippen LogP) is 18.8. The number of carbonyl (C=O) groups is 5. The molecule has 662 valence electrons. The van der Waals surface area contributed by atoms with Crippen LogP contribution in [0.15, 0.2) is 246 Å². The highest BCUT2D eigenvalue weighted by atomic mass is 28.4. The van der Waals surface area contributed by atoms with E-state index in [9.17, 15) is 77.8 Å². The summed E-state index contributed by atoms with van der Waals surface area (Å²) in [5.74, 6) is -6.24. The lowest BCUT2D eigenvalue weighted by molar-refractivity contribution is -0.154. The number of nitrogens with zero attached hydrogens (tertiary/aromatic N) is 7. The number of hydrogen-bond acceptors (Lipinski definition) is 15. The van der Waals surface area contributed by atoms with Crippen molar-refractivity contribution in [3.63, 3.8) is 0 Å². The summed E-state index contributed by atoms with van der Waals surface area (Å²) in [5.41, 5.74) is 1.17. The number of hydrazone groups is 3. The molecule has 0 radical (unpaired) electrons. The summed E-state index contributed by atoms with van der Waals surface area (Å²) in [6.45, 7) is 13.3. The number of hydrogen-bond donors (Lipinski definition) is 2. The van der Waals surface area contributed by atoms with E-state index in [0.29, 0.717) is 48.2 Å². The molecule has 9 aromatic carbocycles. The molecule has 19 nitrogen and oxygen atoms in total. The lowest BCUT2D eigenvalue weighted by Crippen LogP contribution is -2.45. The average Bonchev–Trinajstić information content (AvgIpc) is 1.60. The molecule has 0 saturated carbocycles. The van der Waals surface area contributed by atoms with Crippen LogP contribution in [0.5, 0.6) is 0 Å². The molecule has 0 aliphatic carbocycles. The third-order valence-corrected chi connectivity index (χ3v) is 22.4. The average molecular weight is 1760 g/mol. The van der Waals surface area contributed by atoms with Gasteiger partial charge in [-0.2, -0.15) is 15.3 Å². The zero-order valence-electron chi connectivity index (χ0n) is 70.5. The second-order valence-electron chi connectivity index (χ2n) is 30.3. The number of rotatable bonds is 21. The van der Waals surface area contributed by atoms with Gasteiger partial charge in [0.25, 0.3) is 5.91 Å². The fourth-order valence-electron chi connectivity index (χ4n) is 14.4. The van der Waals surface area contributed by atoms with Crippen LogP contribution in [0, 0.1) is 70.5 Å². The number of amides is 4. The number of allylic oxidation sites excluding steroid dienone is 1. The molecule has 9 aromatic rings. The van der Waals surface area contributed by atoms with Gasteiger partial charge in [0.05, 0.1) is 54.1 Å². The van der Waals surface area contributed by atoms with Crippen molar-refractivity contribution in [3.8, 4) is 12.3 Å². The van der Waals surface area contributed by atoms with E-state index in [1.807, 2.05) is 110 Å². The minimum absolute atomic E-state index is 0.00694. The van der Waals surface area contributed by atoms with Crippen molar-refractivity contribution in [2.45, 2.75) is 133 Å². The maximum atomic E-state index is 14.4. The van der Waals surface area contributed by atoms with Crippen LogP contribution in [-0.4, -0.2) is 145 Å². The van der Waals surface area contributed by atoms with Gasteiger partial charge >= 0.3 is 0 Å². The smallest absolute Gasteiger partial charge is 0.280 e. The molecular formula is C96H97F10N7O12Si. The molecule has 14 rings (SSSR count). The van der Waals surface area contributed by atoms with Gasteiger partial charge in [-0.25, -0.2) is 64.0 Å². The van der Waals surface area contributed by atoms with Crippen LogP contribution in [0.3, 0.4) is 0 Å². The Morgan fingerprint density at radius 2 is 0.921 bits per heavy atom. The lowest BCUT2D eigenvalue weighted by Gasteiger charge is -2.37. The maximum absolute atomic E-state index is 14.4. The number of carbonyl (C=O) groups excluding carboxylic acids is 5. The highest BCUT2D eigenvalue weighted by Gasteiger charge is 2.50. The third kappa shape index (κ3) is 25.6. The van der Waals surface area contributed by atoms with Crippen LogP contribution in [0.1, 0.15) is 145 Å². The van der Waals surface area contributed by atoms with Gasteiger partial charge in [0.15, 0.2) is 26.7 Å². The number of aliphatic hydroxyl groups is 1. The fraction of sp³-hybridized carbons (Fsp3) is 0.292. The first-order chi connectivity index (χ1) is 60.2. The van der Waals surface area contributed by atoms with Gasteiger partial charge in [-0.3, -0.25) is 28.8 Å². The van der Waals surface area contributed by atoms with E-state index in [2.05, 4.69) is 32.6 Å². The number of terminal acetylenes is 1. The molecule has 126 heavy (non-hydrogen) atoms. The summed E-state index contributed by atoms with van der Waals surface area (Å²) in [5, 5.41) is 27.6. The lowest BCUT2D eigenvalue weighted by atomic mass is 9.81. The van der Waals surface area contributed by atoms with Crippen LogP contribution in [-0.2, 0) is 54.8 Å². The molecule has 2 N–H and O–H groups in total. The number of benzene rings is 9. The summed E-state index contributed by atoms with van der Waals surface area (Å²) in [6.07, 6.45) is 14.8. The highest BCUT2D eigenvalue weighted by molar-refractivity contribution is 6.69. The van der Waals surface area contributed by atoms with Crippen LogP contribution in [0.4, 0.5) is 43.9 Å². The summed E-state index contributed by atoms with van der Waals surface area (Å²) in [6, 6.07) is 52.4. The van der Waals surface area contributed by atoms with Gasteiger partial charge in [-0.15, -0.1) is 13.0 Å². The van der Waals surface area contributed by atoms with E-state index in [1.54, 1.807) is 30.3 Å². The molecule has 5 unspecified atom stereocenters. The Labute approximate surface area is 726 Å². The SMILES string of the molecule is C#CCOC1CCCCO1.C=CC1(c2ccccc2)CC(c2cc(F)ccc2F)=NN1C(C)=O.CC(=O)N1N=C(c2cc(F)ccc2F)CC1(CC[Si](C)(C)O)c1ccccc1.CC(=O)N1N=C(c2cc(F)ccc2F)CC1(CO)c1ccccc1.CON(C)C(=O)c1cc(F)ccc1F.O=C(/C=C(\COC1CCCCO1)c1ccccc1)c1cc(F)ccc1F. The molecule has 0 spiro atoms. The topological polar surface area (TPSA) is 222 Å². The Morgan fingerprint density at radius 3 is 1.34 bits per heavy atom. The maximum Gasteiger partial charge on any atom is 0.280 e. The van der Waals surface area contributed by atoms with Gasteiger partial charge in [-0.05, 0) is 189 Å². The molecule has 30 heteroatoms. The molecule has 0 aromatic heterocycles. The number of ether oxygens (including phenoxy) is 4. The number of hydroxylamine groups is 2. The van der Waals surface area contributed by atoms with Crippen molar-refractivity contribution < 1.29 is 102 Å². The second kappa shape index (κ2) is 45.6. The monoisotopic (exact) mass is 1760 g/mol. The highest BCUT2D eigenvalue weighted by Crippen LogP contribution is 2.46. The van der Waals surface area contributed by atoms with Crippen LogP contribution < -0.4 is 0 Å². The van der Waals surface area contributed by atoms with E-state index >= 15 is 0 Å². The largest absolute Gasteiger partial charge is 0.432 e. The summed E-state index contributed by atoms with van der Waals surface area (Å²) >= 11 is 0. The van der Waals surface area contributed by atoms with E-state index in [4.69, 9.17) is 25.4 Å². The zero-order valence-corrected chi connectivity index (χ0v) is 71.5. The zero-order chi connectivity index (χ0) is 91.5. The van der Waals surface area contributed by atoms with Crippen molar-refractivity contribution in [1.29, 1.82) is 0 Å². The first-order valence-electron chi connectivity index (χ1n) is 40.3. The first kappa shape index (κ1) is 97.6. The van der Waals surface area contributed by atoms with Gasteiger partial charge in [-0.1, -0.05) is 133 Å². The van der Waals surface area contributed by atoms with Crippen molar-refractivity contribution in [2.75, 3.05) is 47.2 Å². The molecular weight excluding hydrogens is 1660 g/mol. The van der Waals surface area contributed by atoms with E-state index in [-0.39, 0.29) is 96.3 Å². The quantitative estimate of drug-likeness (QED) is 0.0130. The number of halogens is 10. The molecule has 4 amide bonds. The Hall–Kier alpha value is -12.2. The molecule has 5 atom stereocenters. The van der Waals surface area contributed by atoms with Crippen molar-refractivity contribution in [2.24, 2.45) is 15.3 Å². The standard InChI is InChI=1S/C21H24F2N2O2Si.C21H20F2O3.C19H16F2N2O.C18H16F2N2O2.C9H9F2NO2.C8H12O2/c1-15(26)25-21(11-12-28(2,3)27,16-7-5-4-6-8-16)14-20(24-25)18-13-17(22)9-10-19(18)23;22-17-9-10-19(23)18(13-17)20(24)12-16(15-6-2-1-3-7-15)14-26-21-8-4-5-11-25-21;1-3-19(14-7-5-4-6-8-14)12-18(22-23(19)13(2)24)16-11-15(20)9-10-17(16)21;1-12(24)22-18(11-23,13-5-3-2-4-6-13)10-17(21-22)15-9-14(19)7-8-16(15)20;1-12(14-2)9(13)7-5-6(10)3-4-8(7)11;1-2-6-9-8-5-3-4-7-10-8/h4-10,13,27H,11-12,14H2,1-3H3;1-3,6-7,9-10,12-13,21H,4-5,8,11,14H2;3-11H,1,12H2,2H3;2-9,23H,10-11H2,1H3;3-5H,1-2H3;1,8H,3-7H2/b;16-12+;;;;. The third-order valence-electron chi connectivity index (χ3n) is 20.9. The van der Waals surface area contributed by atoms with Crippen LogP contribution in [0.25, 0.3) is 5.57 Å². The molecule has 5 aliphatic heterocycles. The predicted molar refractivity (Wildman–Crippen MR) is 459 cm³/mol. The second-order valence-corrected chi connectivity index (χ2v) is 34.5. The van der Waals surface area contributed by atoms with Crippen LogP contribution in [0.2, 0.25) is 19.1 Å². The van der Waals surface area contributed by atoms with E-state index < -0.39 is 94.8 Å². The van der Waals surface area contributed by atoms with Gasteiger partial charge < -0.3 is 28.8 Å². The van der Waals surface area contributed by atoms with Crippen LogP contribution >= 0.6 is 0 Å². The minimum Gasteiger partial charge on any atom is -0.432 e. The molecule has 2 saturated heterocycles. The Morgan fingerprint density at radius 1 is 0.532 bits per heavy atom. The summed E-state index contributed by atoms with van der Waals surface area (Å²) in [7, 11) is 0.158. The van der Waals surface area contributed by atoms with E-state index in [1.165, 1.54) is 57.4 Å². The van der Waals surface area contributed by atoms with E-state index in [0.717, 1.165) is 156 Å². The summed E-state index contributed by atoms with van der Waals surface area (Å²) in [4.78, 5) is 75.5. The summed E-state index contributed by atoms with van der Waals surface area (Å²) < 4.78 is 158. The Bertz CT molecular complexity index is 5450.